The summed E-state index contributed by atoms with van der Waals surface area (Å²) >= 11 is 0. The summed E-state index contributed by atoms with van der Waals surface area (Å²) in [5.41, 5.74) is 3.70. The lowest BCUT2D eigenvalue weighted by atomic mass is 9.89. The third-order valence-electron chi connectivity index (χ3n) is 6.76. The average molecular weight is 445 g/mol. The molecule has 0 saturated carbocycles. The van der Waals surface area contributed by atoms with Crippen molar-refractivity contribution in [2.45, 2.75) is 45.3 Å². The van der Waals surface area contributed by atoms with Gasteiger partial charge in [0.2, 0.25) is 5.91 Å². The molecular formula is C27H25FN2O3. The van der Waals surface area contributed by atoms with Crippen molar-refractivity contribution in [2.75, 3.05) is 0 Å². The molecule has 1 aliphatic rings. The number of aromatic nitrogens is 1. The first-order valence-electron chi connectivity index (χ1n) is 11.2. The molecule has 1 aromatic heterocycles. The topological polar surface area (TPSA) is 62.5 Å². The summed E-state index contributed by atoms with van der Waals surface area (Å²) in [6.07, 6.45) is 1.95. The van der Waals surface area contributed by atoms with E-state index in [1.165, 1.54) is 12.1 Å². The van der Waals surface area contributed by atoms with Gasteiger partial charge in [-0.1, -0.05) is 42.5 Å². The number of hydrogen-bond acceptors (Lipinski definition) is 2. The number of carbonyl (C=O) groups is 2. The summed E-state index contributed by atoms with van der Waals surface area (Å²) in [5.74, 6) is -1.28. The lowest BCUT2D eigenvalue weighted by Crippen LogP contribution is -2.42. The minimum absolute atomic E-state index is 0.00293. The number of carboxylic acid groups (broad SMARTS) is 1. The van der Waals surface area contributed by atoms with Crippen LogP contribution in [0.1, 0.15) is 30.2 Å². The predicted octanol–water partition coefficient (Wildman–Crippen LogP) is 4.92. The lowest BCUT2D eigenvalue weighted by Gasteiger charge is -2.34. The van der Waals surface area contributed by atoms with E-state index in [-0.39, 0.29) is 24.3 Å². The van der Waals surface area contributed by atoms with Crippen LogP contribution >= 0.6 is 0 Å². The van der Waals surface area contributed by atoms with Crippen molar-refractivity contribution in [3.05, 3.63) is 83.3 Å². The number of rotatable bonds is 5. The number of carbonyl (C=O) groups excluding carboxylic acids is 1. The highest BCUT2D eigenvalue weighted by atomic mass is 19.1. The lowest BCUT2D eigenvalue weighted by molar-refractivity contribution is -0.137. The second-order valence-corrected chi connectivity index (χ2v) is 8.75. The molecule has 6 heteroatoms. The predicted molar refractivity (Wildman–Crippen MR) is 126 cm³/mol. The highest BCUT2D eigenvalue weighted by molar-refractivity contribution is 5.88. The van der Waals surface area contributed by atoms with Crippen molar-refractivity contribution in [3.63, 3.8) is 0 Å². The van der Waals surface area contributed by atoms with E-state index in [1.54, 1.807) is 17.6 Å². The number of fused-ring (bicyclic) bond motifs is 4. The highest BCUT2D eigenvalue weighted by Gasteiger charge is 2.31. The molecule has 1 amide bonds. The summed E-state index contributed by atoms with van der Waals surface area (Å²) in [6, 6.07) is 18.7. The normalized spacial score (nSPS) is 15.5. The van der Waals surface area contributed by atoms with Crippen molar-refractivity contribution in [2.24, 2.45) is 0 Å². The van der Waals surface area contributed by atoms with Gasteiger partial charge in [0.1, 0.15) is 12.4 Å². The maximum atomic E-state index is 14.1. The first kappa shape index (κ1) is 21.2. The summed E-state index contributed by atoms with van der Waals surface area (Å²) in [5, 5.41) is 12.4. The molecule has 1 N–H and O–H groups in total. The number of benzene rings is 3. The van der Waals surface area contributed by atoms with E-state index in [9.17, 15) is 19.1 Å². The van der Waals surface area contributed by atoms with Crippen LogP contribution in [0, 0.1) is 5.82 Å². The molecule has 3 aromatic carbocycles. The Kier molecular flexibility index (Phi) is 5.36. The Labute approximate surface area is 191 Å². The smallest absolute Gasteiger partial charge is 0.323 e. The molecule has 1 unspecified atom stereocenters. The first-order valence-corrected chi connectivity index (χ1v) is 11.2. The van der Waals surface area contributed by atoms with E-state index in [1.807, 2.05) is 23.1 Å². The number of nitrogens with zero attached hydrogens (tertiary/aromatic N) is 2. The van der Waals surface area contributed by atoms with Gasteiger partial charge in [0.25, 0.3) is 0 Å². The molecule has 1 heterocycles. The molecule has 1 atom stereocenters. The number of carboxylic acids is 1. The molecule has 0 bridgehead atoms. The molecule has 5 rings (SSSR count). The average Bonchev–Trinajstić information content (AvgIpc) is 3.09. The Balaban J connectivity index is 1.52. The van der Waals surface area contributed by atoms with Crippen LogP contribution in [0.2, 0.25) is 0 Å². The number of amides is 1. The molecule has 4 aromatic rings. The van der Waals surface area contributed by atoms with Gasteiger partial charge in [-0.3, -0.25) is 9.59 Å². The van der Waals surface area contributed by atoms with Crippen molar-refractivity contribution in [3.8, 4) is 0 Å². The summed E-state index contributed by atoms with van der Waals surface area (Å²) < 4.78 is 15.9. The number of hydrogen-bond donors (Lipinski definition) is 1. The van der Waals surface area contributed by atoms with Crippen molar-refractivity contribution in [1.82, 2.24) is 9.47 Å². The minimum atomic E-state index is -0.928. The molecular weight excluding hydrogens is 419 g/mol. The molecule has 5 nitrogen and oxygen atoms in total. The van der Waals surface area contributed by atoms with Crippen LogP contribution in [-0.2, 0) is 35.5 Å². The van der Waals surface area contributed by atoms with Gasteiger partial charge in [0.05, 0.1) is 0 Å². The van der Waals surface area contributed by atoms with Gasteiger partial charge in [-0.25, -0.2) is 4.39 Å². The molecule has 0 radical (unpaired) electrons. The molecule has 0 spiro atoms. The van der Waals surface area contributed by atoms with Crippen LogP contribution in [0.3, 0.4) is 0 Å². The second-order valence-electron chi connectivity index (χ2n) is 8.75. The van der Waals surface area contributed by atoms with Gasteiger partial charge >= 0.3 is 5.97 Å². The van der Waals surface area contributed by atoms with Gasteiger partial charge in [0.15, 0.2) is 0 Å². The Hall–Kier alpha value is -3.67. The van der Waals surface area contributed by atoms with E-state index >= 15 is 0 Å². The second kappa shape index (κ2) is 8.35. The van der Waals surface area contributed by atoms with E-state index in [0.29, 0.717) is 19.4 Å². The Morgan fingerprint density at radius 3 is 2.67 bits per heavy atom. The number of halogens is 1. The number of aliphatic carboxylic acids is 1. The minimum Gasteiger partial charge on any atom is -0.480 e. The standard InChI is InChI=1S/C27H25FN2O3/c1-17(31)29(15-19-7-4-6-18-5-2-3-8-22(18)19)21-10-12-26-24(14-21)23-13-20(28)9-11-25(23)30(26)16-27(32)33/h2-9,11,13,21H,10,12,14-16H2,1H3,(H,32,33). The summed E-state index contributed by atoms with van der Waals surface area (Å²) in [4.78, 5) is 26.1. The van der Waals surface area contributed by atoms with Gasteiger partial charge in [-0.2, -0.15) is 0 Å². The highest BCUT2D eigenvalue weighted by Crippen LogP contribution is 2.35. The summed E-state index contributed by atoms with van der Waals surface area (Å²) in [6.45, 7) is 1.93. The first-order chi connectivity index (χ1) is 15.9. The van der Waals surface area contributed by atoms with Gasteiger partial charge in [-0.05, 0) is 59.4 Å². The monoisotopic (exact) mass is 444 g/mol. The Morgan fingerprint density at radius 2 is 1.88 bits per heavy atom. The zero-order valence-electron chi connectivity index (χ0n) is 18.4. The van der Waals surface area contributed by atoms with Crippen molar-refractivity contribution < 1.29 is 19.1 Å². The molecule has 0 saturated heterocycles. The van der Waals surface area contributed by atoms with E-state index < -0.39 is 5.97 Å². The largest absolute Gasteiger partial charge is 0.480 e. The van der Waals surface area contributed by atoms with Gasteiger partial charge in [-0.15, -0.1) is 0 Å². The van der Waals surface area contributed by atoms with Crippen LogP contribution in [0.25, 0.3) is 21.7 Å². The fourth-order valence-corrected chi connectivity index (χ4v) is 5.30. The van der Waals surface area contributed by atoms with Crippen LogP contribution < -0.4 is 0 Å². The third-order valence-corrected chi connectivity index (χ3v) is 6.76. The summed E-state index contributed by atoms with van der Waals surface area (Å²) in [7, 11) is 0. The fraction of sp³-hybridized carbons (Fsp3) is 0.259. The van der Waals surface area contributed by atoms with Gasteiger partial charge < -0.3 is 14.6 Å². The molecule has 0 aliphatic heterocycles. The Morgan fingerprint density at radius 1 is 1.09 bits per heavy atom. The van der Waals surface area contributed by atoms with Crippen LogP contribution in [0.4, 0.5) is 4.39 Å². The van der Waals surface area contributed by atoms with E-state index in [2.05, 4.69) is 24.3 Å². The SMILES string of the molecule is CC(=O)N(Cc1cccc2ccccc12)C1CCc2c(c3cc(F)ccc3n2CC(=O)O)C1. The molecule has 168 valence electrons. The zero-order chi connectivity index (χ0) is 23.1. The van der Waals surface area contributed by atoms with Crippen LogP contribution in [0.5, 0.6) is 0 Å². The van der Waals surface area contributed by atoms with E-state index in [4.69, 9.17) is 0 Å². The van der Waals surface area contributed by atoms with E-state index in [0.717, 1.165) is 44.9 Å². The van der Waals surface area contributed by atoms with Gasteiger partial charge in [0, 0.05) is 36.1 Å². The fourth-order valence-electron chi connectivity index (χ4n) is 5.30. The van der Waals surface area contributed by atoms with Crippen molar-refractivity contribution >= 4 is 33.6 Å². The molecule has 0 fully saturated rings. The van der Waals surface area contributed by atoms with Crippen LogP contribution in [0.15, 0.2) is 60.7 Å². The maximum Gasteiger partial charge on any atom is 0.323 e. The Bertz CT molecular complexity index is 1390. The zero-order valence-corrected chi connectivity index (χ0v) is 18.4. The van der Waals surface area contributed by atoms with Crippen molar-refractivity contribution in [1.29, 1.82) is 0 Å². The third kappa shape index (κ3) is 3.86. The van der Waals surface area contributed by atoms with Crippen LogP contribution in [-0.4, -0.2) is 32.5 Å². The maximum absolute atomic E-state index is 14.1. The quantitative estimate of drug-likeness (QED) is 0.475. The molecule has 1 aliphatic carbocycles. The molecule has 33 heavy (non-hydrogen) atoms.